The molecule has 3 rings (SSSR count). The third-order valence-electron chi connectivity index (χ3n) is 3.60. The van der Waals surface area contributed by atoms with Crippen LogP contribution in [0.5, 0.6) is 0 Å². The lowest BCUT2D eigenvalue weighted by molar-refractivity contribution is 0.0903. The molecule has 4 heteroatoms. The highest BCUT2D eigenvalue weighted by atomic mass is 32.1. The third-order valence-corrected chi connectivity index (χ3v) is 4.78. The first-order valence-electron chi connectivity index (χ1n) is 7.13. The molecule has 1 heterocycles. The summed E-state index contributed by atoms with van der Waals surface area (Å²) in [5.74, 6) is 0. The van der Waals surface area contributed by atoms with Crippen LogP contribution in [0.2, 0.25) is 0 Å². The van der Waals surface area contributed by atoms with E-state index >= 15 is 0 Å². The van der Waals surface area contributed by atoms with Gasteiger partial charge in [0.25, 0.3) is 0 Å². The van der Waals surface area contributed by atoms with Crippen molar-refractivity contribution in [3.05, 3.63) is 51.5 Å². The maximum absolute atomic E-state index is 10.1. The molecule has 3 nitrogen and oxygen atoms in total. The van der Waals surface area contributed by atoms with Gasteiger partial charge in [0.2, 0.25) is 0 Å². The van der Waals surface area contributed by atoms with Crippen LogP contribution < -0.4 is 0 Å². The van der Waals surface area contributed by atoms with Gasteiger partial charge < -0.3 is 9.84 Å². The van der Waals surface area contributed by atoms with Crippen molar-refractivity contribution in [3.8, 4) is 0 Å². The molecular formula is C16H19NO2S. The molecule has 0 fully saturated rings. The summed E-state index contributed by atoms with van der Waals surface area (Å²) >= 11 is 1.69. The summed E-state index contributed by atoms with van der Waals surface area (Å²) in [5.41, 5.74) is 1.99. The minimum atomic E-state index is -0.401. The Morgan fingerprint density at radius 1 is 1.40 bits per heavy atom. The summed E-state index contributed by atoms with van der Waals surface area (Å²) in [6.07, 6.45) is 2.37. The Bertz CT molecular complexity index is 567. The Balaban J connectivity index is 1.96. The predicted octanol–water partition coefficient (Wildman–Crippen LogP) is 3.64. The van der Waals surface area contributed by atoms with Gasteiger partial charge in [0, 0.05) is 11.5 Å². The van der Waals surface area contributed by atoms with E-state index in [1.54, 1.807) is 11.3 Å². The molecule has 0 radical (unpaired) electrons. The highest BCUT2D eigenvalue weighted by Crippen LogP contribution is 2.37. The van der Waals surface area contributed by atoms with Crippen LogP contribution in [0.15, 0.2) is 30.3 Å². The monoisotopic (exact) mass is 289 g/mol. The van der Waals surface area contributed by atoms with Crippen molar-refractivity contribution >= 4 is 11.3 Å². The largest absolute Gasteiger partial charge is 0.387 e. The number of aryl methyl sites for hydroxylation is 1. The first kappa shape index (κ1) is 13.7. The van der Waals surface area contributed by atoms with Crippen LogP contribution in [-0.2, 0) is 11.2 Å². The molecule has 1 aliphatic rings. The number of benzene rings is 1. The molecule has 0 amide bonds. The van der Waals surface area contributed by atoms with Gasteiger partial charge in [-0.3, -0.25) is 0 Å². The van der Waals surface area contributed by atoms with Gasteiger partial charge in [0.05, 0.1) is 11.8 Å². The molecule has 20 heavy (non-hydrogen) atoms. The van der Waals surface area contributed by atoms with Crippen LogP contribution in [-0.4, -0.2) is 16.7 Å². The molecule has 2 atom stereocenters. The smallest absolute Gasteiger partial charge is 0.134 e. The van der Waals surface area contributed by atoms with E-state index in [4.69, 9.17) is 4.74 Å². The van der Waals surface area contributed by atoms with E-state index in [2.05, 4.69) is 17.1 Å². The van der Waals surface area contributed by atoms with Gasteiger partial charge in [-0.05, 0) is 31.7 Å². The van der Waals surface area contributed by atoms with Gasteiger partial charge in [-0.2, -0.15) is 0 Å². The maximum atomic E-state index is 10.1. The number of aliphatic hydroxyl groups is 1. The highest BCUT2D eigenvalue weighted by Gasteiger charge is 2.26. The van der Waals surface area contributed by atoms with Crippen LogP contribution >= 0.6 is 11.3 Å². The van der Waals surface area contributed by atoms with Crippen LogP contribution in [0.3, 0.4) is 0 Å². The molecule has 0 aliphatic heterocycles. The van der Waals surface area contributed by atoms with Crippen LogP contribution in [0, 0.1) is 0 Å². The summed E-state index contributed by atoms with van der Waals surface area (Å²) in [5, 5.41) is 11.0. The average Bonchev–Trinajstić information content (AvgIpc) is 2.91. The number of nitrogens with zero attached hydrogens (tertiary/aromatic N) is 1. The lowest BCUT2D eigenvalue weighted by Gasteiger charge is -2.15. The molecule has 0 bridgehead atoms. The van der Waals surface area contributed by atoms with E-state index in [1.165, 1.54) is 4.88 Å². The van der Waals surface area contributed by atoms with E-state index in [9.17, 15) is 5.11 Å². The lowest BCUT2D eigenvalue weighted by atomic mass is 10.0. The van der Waals surface area contributed by atoms with Gasteiger partial charge in [0.1, 0.15) is 11.1 Å². The average molecular weight is 289 g/mol. The zero-order valence-corrected chi connectivity index (χ0v) is 12.4. The topological polar surface area (TPSA) is 42.4 Å². The van der Waals surface area contributed by atoms with Crippen LogP contribution in [0.25, 0.3) is 0 Å². The van der Waals surface area contributed by atoms with Crippen molar-refractivity contribution in [1.82, 2.24) is 4.98 Å². The zero-order valence-electron chi connectivity index (χ0n) is 11.6. The summed E-state index contributed by atoms with van der Waals surface area (Å²) in [6.45, 7) is 2.64. The van der Waals surface area contributed by atoms with Crippen molar-refractivity contribution < 1.29 is 9.84 Å². The number of aromatic nitrogens is 1. The van der Waals surface area contributed by atoms with Crippen molar-refractivity contribution in [2.24, 2.45) is 0 Å². The Morgan fingerprint density at radius 3 is 2.90 bits per heavy atom. The van der Waals surface area contributed by atoms with Gasteiger partial charge in [-0.1, -0.05) is 30.3 Å². The van der Waals surface area contributed by atoms with E-state index < -0.39 is 6.10 Å². The Kier molecular flexibility index (Phi) is 4.15. The second kappa shape index (κ2) is 6.04. The number of hydrogen-bond acceptors (Lipinski definition) is 4. The maximum Gasteiger partial charge on any atom is 0.134 e. The molecule has 0 saturated carbocycles. The number of rotatable bonds is 4. The van der Waals surface area contributed by atoms with E-state index in [-0.39, 0.29) is 6.10 Å². The first-order valence-corrected chi connectivity index (χ1v) is 7.95. The Hall–Kier alpha value is -1.23. The molecule has 1 N–H and O–H groups in total. The molecule has 2 unspecified atom stereocenters. The number of thiazole rings is 1. The fourth-order valence-electron chi connectivity index (χ4n) is 2.63. The summed E-state index contributed by atoms with van der Waals surface area (Å²) in [4.78, 5) is 5.89. The number of fused-ring (bicyclic) bond motifs is 1. The molecule has 1 aromatic carbocycles. The quantitative estimate of drug-likeness (QED) is 0.934. The van der Waals surface area contributed by atoms with Crippen LogP contribution in [0.4, 0.5) is 0 Å². The normalized spacial score (nSPS) is 19.6. The molecular weight excluding hydrogens is 270 g/mol. The van der Waals surface area contributed by atoms with Crippen LogP contribution in [0.1, 0.15) is 53.1 Å². The molecule has 106 valence electrons. The Morgan fingerprint density at radius 2 is 2.20 bits per heavy atom. The predicted molar refractivity (Wildman–Crippen MR) is 79.9 cm³/mol. The number of ether oxygens (including phenoxy) is 1. The lowest BCUT2D eigenvalue weighted by Crippen LogP contribution is -2.09. The molecule has 0 spiro atoms. The first-order chi connectivity index (χ1) is 9.79. The highest BCUT2D eigenvalue weighted by molar-refractivity contribution is 7.11. The second-order valence-corrected chi connectivity index (χ2v) is 6.13. The minimum Gasteiger partial charge on any atom is -0.387 e. The fraction of sp³-hybridized carbons (Fsp3) is 0.438. The summed E-state index contributed by atoms with van der Waals surface area (Å²) < 4.78 is 5.89. The molecule has 1 aromatic heterocycles. The number of aliphatic hydroxyl groups excluding tert-OH is 1. The van der Waals surface area contributed by atoms with E-state index in [0.29, 0.717) is 6.61 Å². The van der Waals surface area contributed by atoms with Gasteiger partial charge in [-0.15, -0.1) is 11.3 Å². The van der Waals surface area contributed by atoms with Gasteiger partial charge >= 0.3 is 0 Å². The van der Waals surface area contributed by atoms with E-state index in [1.807, 2.05) is 25.1 Å². The van der Waals surface area contributed by atoms with Crippen molar-refractivity contribution in [2.45, 2.75) is 38.4 Å². The molecule has 2 aromatic rings. The summed E-state index contributed by atoms with van der Waals surface area (Å²) in [6, 6.07) is 10.2. The zero-order chi connectivity index (χ0) is 13.9. The molecule has 1 aliphatic carbocycles. The Labute approximate surface area is 123 Å². The van der Waals surface area contributed by atoms with Crippen molar-refractivity contribution in [1.29, 1.82) is 0 Å². The van der Waals surface area contributed by atoms with Gasteiger partial charge in [0.15, 0.2) is 0 Å². The minimum absolute atomic E-state index is 0.121. The fourth-order valence-corrected chi connectivity index (χ4v) is 3.87. The van der Waals surface area contributed by atoms with E-state index in [0.717, 1.165) is 35.5 Å². The van der Waals surface area contributed by atoms with Gasteiger partial charge in [-0.25, -0.2) is 4.98 Å². The standard InChI is InChI=1S/C16H19NO2S/c1-2-19-15(11-7-4-3-5-8-11)16-17-14-12(18)9-6-10-13(14)20-16/h3-5,7-8,12,15,18H,2,6,9-10H2,1H3. The molecule has 0 saturated heterocycles. The van der Waals surface area contributed by atoms with Crippen molar-refractivity contribution in [3.63, 3.8) is 0 Å². The summed E-state index contributed by atoms with van der Waals surface area (Å²) in [7, 11) is 0. The SMILES string of the molecule is CCOC(c1ccccc1)c1nc2c(s1)CCCC2O. The third kappa shape index (κ3) is 2.64. The number of hydrogen-bond donors (Lipinski definition) is 1. The second-order valence-electron chi connectivity index (χ2n) is 5.01. The van der Waals surface area contributed by atoms with Crippen molar-refractivity contribution in [2.75, 3.05) is 6.61 Å².